The van der Waals surface area contributed by atoms with Crippen molar-refractivity contribution in [3.05, 3.63) is 81.8 Å². The summed E-state index contributed by atoms with van der Waals surface area (Å²) in [5.74, 6) is -1.30. The van der Waals surface area contributed by atoms with Gasteiger partial charge in [-0.3, -0.25) is 14.5 Å². The van der Waals surface area contributed by atoms with Crippen LogP contribution in [0.15, 0.2) is 70.0 Å². The Balaban J connectivity index is 1.37. The van der Waals surface area contributed by atoms with E-state index in [4.69, 9.17) is 9.94 Å². The zero-order valence-electron chi connectivity index (χ0n) is 29.5. The van der Waals surface area contributed by atoms with E-state index in [1.165, 1.54) is 51.0 Å². The quantitative estimate of drug-likeness (QED) is 0.0758. The van der Waals surface area contributed by atoms with Crippen molar-refractivity contribution < 1.29 is 37.9 Å². The predicted octanol–water partition coefficient (Wildman–Crippen LogP) is 3.47. The van der Waals surface area contributed by atoms with Gasteiger partial charge in [0.05, 0.1) is 42.1 Å². The molecule has 16 heteroatoms. The predicted molar refractivity (Wildman–Crippen MR) is 194 cm³/mol. The number of oxime groups is 1. The van der Waals surface area contributed by atoms with Crippen LogP contribution in [0.4, 0.5) is 4.79 Å². The lowest BCUT2D eigenvalue weighted by molar-refractivity contribution is -0.129. The summed E-state index contributed by atoms with van der Waals surface area (Å²) < 4.78 is 34.4. The van der Waals surface area contributed by atoms with E-state index in [1.54, 1.807) is 26.3 Å². The maximum Gasteiger partial charge on any atom is 0.328 e. The van der Waals surface area contributed by atoms with Gasteiger partial charge in [0, 0.05) is 25.6 Å². The smallest absolute Gasteiger partial charge is 0.328 e. The highest BCUT2D eigenvalue weighted by Gasteiger charge is 2.44. The van der Waals surface area contributed by atoms with Crippen LogP contribution in [0.2, 0.25) is 0 Å². The third-order valence-electron chi connectivity index (χ3n) is 9.40. The number of hydrogen-bond donors (Lipinski definition) is 3. The molecular formula is C36H46N6O8S2. The maximum absolute atomic E-state index is 14.2. The number of nitrogens with one attached hydrogen (secondary N) is 1. The van der Waals surface area contributed by atoms with E-state index in [0.717, 1.165) is 29.7 Å². The number of ether oxygens (including phenoxy) is 1. The van der Waals surface area contributed by atoms with Gasteiger partial charge in [-0.05, 0) is 54.4 Å². The number of amides is 4. The molecule has 0 bridgehead atoms. The molecule has 3 aromatic rings. The van der Waals surface area contributed by atoms with Crippen molar-refractivity contribution in [2.24, 2.45) is 17.0 Å². The Labute approximate surface area is 308 Å². The van der Waals surface area contributed by atoms with Crippen molar-refractivity contribution in [1.82, 2.24) is 24.4 Å². The molecule has 1 saturated heterocycles. The molecule has 3 N–H and O–H groups in total. The second-order valence-corrected chi connectivity index (χ2v) is 16.4. The molecule has 0 spiro atoms. The zero-order chi connectivity index (χ0) is 37.4. The van der Waals surface area contributed by atoms with Crippen LogP contribution < -0.4 is 5.32 Å². The van der Waals surface area contributed by atoms with Crippen molar-refractivity contribution in [2.45, 2.75) is 75.8 Å². The van der Waals surface area contributed by atoms with Crippen LogP contribution in [0.1, 0.15) is 54.9 Å². The number of imide groups is 1. The monoisotopic (exact) mass is 754 g/mol. The van der Waals surface area contributed by atoms with E-state index < -0.39 is 52.0 Å². The lowest BCUT2D eigenvalue weighted by Crippen LogP contribution is -2.57. The molecule has 4 amide bonds. The molecule has 0 radical (unpaired) electrons. The first-order valence-corrected chi connectivity index (χ1v) is 19.6. The van der Waals surface area contributed by atoms with Gasteiger partial charge in [-0.15, -0.1) is 11.3 Å². The normalized spacial score (nSPS) is 17.3. The third-order valence-corrected chi connectivity index (χ3v) is 12.1. The topological polar surface area (TPSA) is 182 Å². The average Bonchev–Trinajstić information content (AvgIpc) is 3.65. The highest BCUT2D eigenvalue weighted by Crippen LogP contribution is 2.30. The number of rotatable bonds is 18. The average molecular weight is 755 g/mol. The summed E-state index contributed by atoms with van der Waals surface area (Å²) in [5.41, 5.74) is 1.85. The molecule has 14 nitrogen and oxygen atoms in total. The number of carbonyl (C=O) groups is 3. The van der Waals surface area contributed by atoms with Gasteiger partial charge in [0.15, 0.2) is 0 Å². The second-order valence-electron chi connectivity index (χ2n) is 13.5. The van der Waals surface area contributed by atoms with Crippen molar-refractivity contribution in [3.8, 4) is 0 Å². The lowest BCUT2D eigenvalue weighted by Gasteiger charge is -2.36. The minimum absolute atomic E-state index is 0.0203. The number of urea groups is 1. The zero-order valence-corrected chi connectivity index (χ0v) is 31.1. The van der Waals surface area contributed by atoms with Gasteiger partial charge < -0.3 is 25.3 Å². The van der Waals surface area contributed by atoms with Gasteiger partial charge in [0.1, 0.15) is 17.6 Å². The van der Waals surface area contributed by atoms with Gasteiger partial charge in [-0.1, -0.05) is 67.9 Å². The van der Waals surface area contributed by atoms with Crippen molar-refractivity contribution in [1.29, 1.82) is 0 Å². The Bertz CT molecular complexity index is 1820. The van der Waals surface area contributed by atoms with E-state index >= 15 is 0 Å². The van der Waals surface area contributed by atoms with Crippen LogP contribution in [0.5, 0.6) is 0 Å². The molecule has 5 rings (SSSR count). The molecule has 2 fully saturated rings. The second kappa shape index (κ2) is 17.5. The van der Waals surface area contributed by atoms with Gasteiger partial charge in [-0.25, -0.2) is 18.2 Å². The number of aliphatic hydroxyl groups is 1. The Morgan fingerprint density at radius 1 is 1.15 bits per heavy atom. The number of aromatic nitrogens is 1. The van der Waals surface area contributed by atoms with Crippen LogP contribution in [-0.2, 0) is 43.9 Å². The molecule has 1 aromatic heterocycles. The van der Waals surface area contributed by atoms with E-state index in [2.05, 4.69) is 15.5 Å². The fourth-order valence-electron chi connectivity index (χ4n) is 6.44. The molecule has 1 unspecified atom stereocenters. The number of hydrogen-bond acceptors (Lipinski definition) is 11. The lowest BCUT2D eigenvalue weighted by atomic mass is 9.85. The first-order chi connectivity index (χ1) is 24.9. The Morgan fingerprint density at radius 3 is 2.48 bits per heavy atom. The summed E-state index contributed by atoms with van der Waals surface area (Å²) in [6.45, 7) is 3.42. The number of benzene rings is 2. The standard InChI is InChI=1S/C36H46N6O8S2/c1-24(2)34(42-21-33(44)41(36(42)46)19-28-23-51-32(38-28)22-50-3)35(45)39-30(16-25-8-5-4-6-9-25)31(43)20-40(18-27-10-7-11-27)52(48,49)29-14-12-26(13-15-29)17-37-47/h4-6,8-9,12-15,17,23-24,27,30-31,34,43,47H,7,10-11,16,18-22H2,1-3H3,(H,39,45)/b37-17+/t30-,31+,34?/m0/s1. The van der Waals surface area contributed by atoms with Crippen molar-refractivity contribution in [2.75, 3.05) is 26.7 Å². The molecule has 3 atom stereocenters. The van der Waals surface area contributed by atoms with Crippen molar-refractivity contribution in [3.63, 3.8) is 0 Å². The van der Waals surface area contributed by atoms with E-state index in [1.807, 2.05) is 30.3 Å². The van der Waals surface area contributed by atoms with Crippen molar-refractivity contribution >= 4 is 45.4 Å². The molecule has 52 heavy (non-hydrogen) atoms. The molecule has 1 saturated carbocycles. The summed E-state index contributed by atoms with van der Waals surface area (Å²) in [6.07, 6.45) is 2.75. The Morgan fingerprint density at radius 2 is 1.87 bits per heavy atom. The molecule has 2 aliphatic rings. The molecule has 2 aromatic carbocycles. The summed E-state index contributed by atoms with van der Waals surface area (Å²) in [6, 6.07) is 12.5. The van der Waals surface area contributed by atoms with Crippen LogP contribution >= 0.6 is 11.3 Å². The fourth-order valence-corrected chi connectivity index (χ4v) is 8.73. The third kappa shape index (κ3) is 9.41. The molecule has 280 valence electrons. The van der Waals surface area contributed by atoms with Crippen LogP contribution in [0.3, 0.4) is 0 Å². The van der Waals surface area contributed by atoms with Crippen LogP contribution in [-0.4, -0.2) is 107 Å². The highest BCUT2D eigenvalue weighted by molar-refractivity contribution is 7.89. The highest BCUT2D eigenvalue weighted by atomic mass is 32.2. The van der Waals surface area contributed by atoms with Crippen LogP contribution in [0, 0.1) is 11.8 Å². The Kier molecular flexibility index (Phi) is 13.1. The molecular weight excluding hydrogens is 709 g/mol. The largest absolute Gasteiger partial charge is 0.411 e. The first-order valence-electron chi connectivity index (χ1n) is 17.2. The van der Waals surface area contributed by atoms with E-state index in [9.17, 15) is 27.9 Å². The SMILES string of the molecule is COCc1nc(CN2C(=O)CN(C(C(=O)N[C@@H](Cc3ccccc3)[C@H](O)CN(CC3CCC3)S(=O)(=O)c3ccc(/C=N/O)cc3)C(C)C)C2=O)cs1. The van der Waals surface area contributed by atoms with Gasteiger partial charge >= 0.3 is 6.03 Å². The molecule has 1 aliphatic heterocycles. The number of carbonyl (C=O) groups excluding carboxylic acids is 3. The maximum atomic E-state index is 14.2. The van der Waals surface area contributed by atoms with Gasteiger partial charge in [-0.2, -0.15) is 4.31 Å². The molecule has 2 heterocycles. The summed E-state index contributed by atoms with van der Waals surface area (Å²) >= 11 is 1.36. The summed E-state index contributed by atoms with van der Waals surface area (Å²) in [5, 5.41) is 29.1. The molecule has 1 aliphatic carbocycles. The number of thiazole rings is 1. The first kappa shape index (κ1) is 39.0. The minimum atomic E-state index is -4.08. The number of sulfonamides is 1. The fraction of sp³-hybridized carbons (Fsp3) is 0.472. The summed E-state index contributed by atoms with van der Waals surface area (Å²) in [4.78, 5) is 47.7. The van der Waals surface area contributed by atoms with Gasteiger partial charge in [0.2, 0.25) is 15.9 Å². The van der Waals surface area contributed by atoms with E-state index in [-0.39, 0.29) is 43.4 Å². The number of nitrogens with zero attached hydrogens (tertiary/aromatic N) is 5. The Hall–Kier alpha value is -4.22. The minimum Gasteiger partial charge on any atom is -0.411 e. The number of aliphatic hydroxyl groups excluding tert-OH is 1. The van der Waals surface area contributed by atoms with E-state index in [0.29, 0.717) is 22.9 Å². The van der Waals surface area contributed by atoms with Gasteiger partial charge in [0.25, 0.3) is 5.91 Å². The van der Waals surface area contributed by atoms with Crippen LogP contribution in [0.25, 0.3) is 0 Å². The number of methoxy groups -OCH3 is 1. The summed E-state index contributed by atoms with van der Waals surface area (Å²) in [7, 11) is -2.52.